The highest BCUT2D eigenvalue weighted by Gasteiger charge is 2.05. The number of nitrogens with one attached hydrogen (secondary N) is 1. The zero-order valence-corrected chi connectivity index (χ0v) is 8.84. The van der Waals surface area contributed by atoms with Gasteiger partial charge in [-0.15, -0.1) is 9.60 Å². The van der Waals surface area contributed by atoms with Crippen molar-refractivity contribution in [3.63, 3.8) is 0 Å². The molecule has 1 heterocycles. The van der Waals surface area contributed by atoms with Crippen LogP contribution in [0.4, 0.5) is 8.87 Å². The fourth-order valence-corrected chi connectivity index (χ4v) is 1.17. The van der Waals surface area contributed by atoms with Crippen LogP contribution in [0.15, 0.2) is 24.3 Å². The molecule has 0 bridgehead atoms. The van der Waals surface area contributed by atoms with Crippen molar-refractivity contribution in [3.05, 3.63) is 35.6 Å². The van der Waals surface area contributed by atoms with E-state index < -0.39 is 0 Å². The molecule has 1 N–H and O–H groups in total. The Balaban J connectivity index is 0.000000151. The summed E-state index contributed by atoms with van der Waals surface area (Å²) in [5.41, 5.74) is 1.09. The van der Waals surface area contributed by atoms with Gasteiger partial charge in [-0.05, 0) is 19.1 Å². The Morgan fingerprint density at radius 3 is 2.00 bits per heavy atom. The quantitative estimate of drug-likeness (QED) is 0.664. The Hall–Kier alpha value is -1.00. The second-order valence-electron chi connectivity index (χ2n) is 3.46. The molecule has 1 aliphatic rings. The van der Waals surface area contributed by atoms with Crippen LogP contribution in [0.5, 0.6) is 0 Å². The summed E-state index contributed by atoms with van der Waals surface area (Å²) < 4.78 is 24.1. The molecule has 0 radical (unpaired) electrons. The molecule has 2 nitrogen and oxygen atoms in total. The second kappa shape index (κ2) is 6.48. The van der Waals surface area contributed by atoms with Gasteiger partial charge in [0.1, 0.15) is 5.82 Å². The minimum atomic E-state index is -0.171. The van der Waals surface area contributed by atoms with Crippen LogP contribution in [0.2, 0.25) is 0 Å². The zero-order valence-electron chi connectivity index (χ0n) is 8.84. The summed E-state index contributed by atoms with van der Waals surface area (Å²) in [6.07, 6.45) is 0. The lowest BCUT2D eigenvalue weighted by Gasteiger charge is -2.17. The third-order valence-corrected chi connectivity index (χ3v) is 2.07. The molecule has 1 aromatic carbocycles. The maximum Gasteiger partial charge on any atom is 0.123 e. The highest BCUT2D eigenvalue weighted by Crippen LogP contribution is 1.98. The fourth-order valence-electron chi connectivity index (χ4n) is 1.17. The van der Waals surface area contributed by atoms with Crippen molar-refractivity contribution in [1.29, 1.82) is 0 Å². The van der Waals surface area contributed by atoms with Gasteiger partial charge in [-0.3, -0.25) is 0 Å². The lowest BCUT2D eigenvalue weighted by atomic mass is 10.2. The number of piperazine rings is 1. The Morgan fingerprint density at radius 2 is 1.67 bits per heavy atom. The topological polar surface area (TPSA) is 15.3 Å². The van der Waals surface area contributed by atoms with Crippen LogP contribution in [-0.2, 0) is 0 Å². The Bertz CT molecular complexity index is 247. The Morgan fingerprint density at radius 1 is 1.13 bits per heavy atom. The molecule has 0 spiro atoms. The van der Waals surface area contributed by atoms with Crippen molar-refractivity contribution in [2.45, 2.75) is 6.92 Å². The summed E-state index contributed by atoms with van der Waals surface area (Å²) >= 11 is 0. The van der Waals surface area contributed by atoms with Crippen molar-refractivity contribution in [3.8, 4) is 0 Å². The Kier molecular flexibility index (Phi) is 5.21. The molecule has 0 amide bonds. The number of aryl methyl sites for hydroxylation is 1. The van der Waals surface area contributed by atoms with E-state index in [2.05, 4.69) is 5.32 Å². The summed E-state index contributed by atoms with van der Waals surface area (Å²) in [4.78, 5) is 0. The summed E-state index contributed by atoms with van der Waals surface area (Å²) in [7, 11) is 0. The van der Waals surface area contributed by atoms with Crippen LogP contribution in [-0.4, -0.2) is 31.3 Å². The summed E-state index contributed by atoms with van der Waals surface area (Å²) in [5, 5.41) is 3.86. The zero-order chi connectivity index (χ0) is 11.1. The third kappa shape index (κ3) is 5.44. The highest BCUT2D eigenvalue weighted by atomic mass is 19.2. The van der Waals surface area contributed by atoms with Gasteiger partial charge in [-0.1, -0.05) is 17.7 Å². The van der Waals surface area contributed by atoms with E-state index in [0.717, 1.165) is 23.8 Å². The normalized spacial score (nSPS) is 16.7. The van der Waals surface area contributed by atoms with Gasteiger partial charge in [0.2, 0.25) is 0 Å². The predicted molar refractivity (Wildman–Crippen MR) is 56.7 cm³/mol. The SMILES string of the molecule is Cc1ccc(F)cc1.FN1CCNCC1. The summed E-state index contributed by atoms with van der Waals surface area (Å²) in [6.45, 7) is 4.59. The molecule has 0 saturated carbocycles. The largest absolute Gasteiger partial charge is 0.314 e. The van der Waals surface area contributed by atoms with Gasteiger partial charge in [-0.25, -0.2) is 4.39 Å². The number of rotatable bonds is 0. The van der Waals surface area contributed by atoms with E-state index >= 15 is 0 Å². The van der Waals surface area contributed by atoms with Crippen molar-refractivity contribution in [2.24, 2.45) is 0 Å². The summed E-state index contributed by atoms with van der Waals surface area (Å²) in [5.74, 6) is -0.171. The minimum Gasteiger partial charge on any atom is -0.314 e. The van der Waals surface area contributed by atoms with E-state index in [1.165, 1.54) is 12.1 Å². The molecule has 1 saturated heterocycles. The Labute approximate surface area is 88.8 Å². The van der Waals surface area contributed by atoms with Crippen molar-refractivity contribution in [2.75, 3.05) is 26.2 Å². The van der Waals surface area contributed by atoms with Crippen LogP contribution in [0, 0.1) is 12.7 Å². The van der Waals surface area contributed by atoms with Crippen LogP contribution in [0.1, 0.15) is 5.56 Å². The molecule has 1 aromatic rings. The lowest BCUT2D eigenvalue weighted by molar-refractivity contribution is 0.0135. The molecule has 2 rings (SSSR count). The van der Waals surface area contributed by atoms with Gasteiger partial charge in [0, 0.05) is 26.2 Å². The molecular weight excluding hydrogens is 198 g/mol. The molecule has 0 unspecified atom stereocenters. The van der Waals surface area contributed by atoms with Gasteiger partial charge in [0.05, 0.1) is 0 Å². The average Bonchev–Trinajstić information content (AvgIpc) is 2.25. The first-order valence-electron chi connectivity index (χ1n) is 5.02. The first kappa shape index (κ1) is 12.1. The number of halogens is 2. The van der Waals surface area contributed by atoms with E-state index in [0.29, 0.717) is 13.1 Å². The molecule has 0 atom stereocenters. The van der Waals surface area contributed by atoms with Crippen LogP contribution >= 0.6 is 0 Å². The number of hydrogen-bond acceptors (Lipinski definition) is 2. The van der Waals surface area contributed by atoms with E-state index in [9.17, 15) is 8.87 Å². The highest BCUT2D eigenvalue weighted by molar-refractivity contribution is 5.13. The van der Waals surface area contributed by atoms with Crippen molar-refractivity contribution < 1.29 is 8.87 Å². The minimum absolute atomic E-state index is 0.171. The molecule has 1 fully saturated rings. The predicted octanol–water partition coefficient (Wildman–Crippen LogP) is 1.91. The van der Waals surface area contributed by atoms with E-state index in [1.54, 1.807) is 12.1 Å². The molecule has 1 aliphatic heterocycles. The molecule has 0 aliphatic carbocycles. The number of hydrogen-bond donors (Lipinski definition) is 1. The third-order valence-electron chi connectivity index (χ3n) is 2.07. The standard InChI is InChI=1S/C7H7F.C4H9FN2/c1-6-2-4-7(8)5-3-6;5-7-3-1-6-2-4-7/h2-5H,1H3;6H,1-4H2. The van der Waals surface area contributed by atoms with E-state index in [4.69, 9.17) is 0 Å². The maximum absolute atomic E-state index is 12.1. The summed E-state index contributed by atoms with van der Waals surface area (Å²) in [6, 6.07) is 6.40. The molecular formula is C11H16F2N2. The monoisotopic (exact) mass is 214 g/mol. The van der Waals surface area contributed by atoms with Gasteiger partial charge >= 0.3 is 0 Å². The van der Waals surface area contributed by atoms with Gasteiger partial charge in [-0.2, -0.15) is 0 Å². The van der Waals surface area contributed by atoms with Crippen molar-refractivity contribution in [1.82, 2.24) is 10.4 Å². The number of benzene rings is 1. The fraction of sp³-hybridized carbons (Fsp3) is 0.455. The van der Waals surface area contributed by atoms with Gasteiger partial charge < -0.3 is 5.32 Å². The smallest absolute Gasteiger partial charge is 0.123 e. The maximum atomic E-state index is 12.1. The van der Waals surface area contributed by atoms with E-state index in [1.807, 2.05) is 6.92 Å². The average molecular weight is 214 g/mol. The lowest BCUT2D eigenvalue weighted by Crippen LogP contribution is -2.38. The van der Waals surface area contributed by atoms with Gasteiger partial charge in [0.15, 0.2) is 0 Å². The first-order valence-corrected chi connectivity index (χ1v) is 5.02. The molecule has 84 valence electrons. The second-order valence-corrected chi connectivity index (χ2v) is 3.46. The van der Waals surface area contributed by atoms with E-state index in [-0.39, 0.29) is 5.82 Å². The van der Waals surface area contributed by atoms with Crippen molar-refractivity contribution >= 4 is 0 Å². The molecule has 0 aromatic heterocycles. The van der Waals surface area contributed by atoms with Gasteiger partial charge in [0.25, 0.3) is 0 Å². The van der Waals surface area contributed by atoms with Crippen LogP contribution in [0.3, 0.4) is 0 Å². The van der Waals surface area contributed by atoms with Crippen LogP contribution < -0.4 is 5.32 Å². The van der Waals surface area contributed by atoms with Crippen LogP contribution in [0.25, 0.3) is 0 Å². The number of nitrogens with zero attached hydrogens (tertiary/aromatic N) is 1. The first-order chi connectivity index (χ1) is 7.18. The molecule has 15 heavy (non-hydrogen) atoms. The molecule has 4 heteroatoms.